The maximum atomic E-state index is 12.3. The van der Waals surface area contributed by atoms with Crippen LogP contribution in [0.1, 0.15) is 24.0 Å². The molecule has 2 aliphatic rings. The summed E-state index contributed by atoms with van der Waals surface area (Å²) in [5.74, 6) is 0.147. The van der Waals surface area contributed by atoms with Gasteiger partial charge in [-0.1, -0.05) is 6.07 Å². The Labute approximate surface area is 149 Å². The van der Waals surface area contributed by atoms with Crippen molar-refractivity contribution in [1.29, 1.82) is 0 Å². The Morgan fingerprint density at radius 2 is 1.44 bits per heavy atom. The first-order valence-corrected chi connectivity index (χ1v) is 9.10. The van der Waals surface area contributed by atoms with E-state index in [1.54, 1.807) is 0 Å². The Bertz CT molecular complexity index is 614. The third-order valence-electron chi connectivity index (χ3n) is 4.65. The third kappa shape index (κ3) is 5.83. The van der Waals surface area contributed by atoms with Gasteiger partial charge in [0.2, 0.25) is 11.8 Å². The number of rotatable bonds is 6. The molecule has 2 amide bonds. The maximum absolute atomic E-state index is 12.3. The monoisotopic (exact) mass is 344 g/mol. The minimum absolute atomic E-state index is 0.0185. The van der Waals surface area contributed by atoms with E-state index in [0.717, 1.165) is 55.8 Å². The van der Waals surface area contributed by atoms with Gasteiger partial charge in [-0.25, -0.2) is 0 Å². The molecule has 1 aromatic rings. The zero-order valence-electron chi connectivity index (χ0n) is 15.2. The number of hydrogen-bond donors (Lipinski definition) is 2. The van der Waals surface area contributed by atoms with Crippen LogP contribution in [0.25, 0.3) is 0 Å². The number of amides is 2. The maximum Gasteiger partial charge on any atom is 0.238 e. The first-order valence-electron chi connectivity index (χ1n) is 9.10. The first kappa shape index (κ1) is 17.9. The summed E-state index contributed by atoms with van der Waals surface area (Å²) in [6, 6.07) is 6.49. The molecule has 0 unspecified atom stereocenters. The average molecular weight is 344 g/mol. The fraction of sp³-hybridized carbons (Fsp3) is 0.579. The number of anilines is 1. The van der Waals surface area contributed by atoms with Crippen molar-refractivity contribution in [3.05, 3.63) is 29.3 Å². The van der Waals surface area contributed by atoms with Crippen LogP contribution >= 0.6 is 0 Å². The molecule has 1 saturated heterocycles. The lowest BCUT2D eigenvalue weighted by Gasteiger charge is -2.33. The molecule has 1 aliphatic carbocycles. The molecule has 1 saturated carbocycles. The van der Waals surface area contributed by atoms with Crippen molar-refractivity contribution in [2.24, 2.45) is 0 Å². The van der Waals surface area contributed by atoms with Crippen molar-refractivity contribution in [2.75, 3.05) is 44.6 Å². The highest BCUT2D eigenvalue weighted by Gasteiger charge is 2.25. The predicted molar refractivity (Wildman–Crippen MR) is 98.6 cm³/mol. The number of carbonyl (C=O) groups excluding carboxylic acids is 2. The highest BCUT2D eigenvalue weighted by atomic mass is 16.2. The number of benzene rings is 1. The van der Waals surface area contributed by atoms with Crippen molar-refractivity contribution in [3.63, 3.8) is 0 Å². The van der Waals surface area contributed by atoms with E-state index in [0.29, 0.717) is 19.1 Å². The van der Waals surface area contributed by atoms with Gasteiger partial charge in [0, 0.05) is 37.9 Å². The highest BCUT2D eigenvalue weighted by Crippen LogP contribution is 2.18. The Morgan fingerprint density at radius 3 is 1.96 bits per heavy atom. The van der Waals surface area contributed by atoms with Crippen molar-refractivity contribution >= 4 is 17.5 Å². The van der Waals surface area contributed by atoms with Crippen LogP contribution < -0.4 is 10.6 Å². The molecule has 0 bridgehead atoms. The summed E-state index contributed by atoms with van der Waals surface area (Å²) in [5.41, 5.74) is 3.15. The topological polar surface area (TPSA) is 64.7 Å². The van der Waals surface area contributed by atoms with Gasteiger partial charge >= 0.3 is 0 Å². The number of hydrogen-bond acceptors (Lipinski definition) is 4. The summed E-state index contributed by atoms with van der Waals surface area (Å²) in [6.07, 6.45) is 2.24. The molecule has 0 radical (unpaired) electrons. The van der Waals surface area contributed by atoms with Crippen LogP contribution in [0.5, 0.6) is 0 Å². The van der Waals surface area contributed by atoms with E-state index in [4.69, 9.17) is 0 Å². The highest BCUT2D eigenvalue weighted by molar-refractivity contribution is 5.92. The Hall–Kier alpha value is -1.92. The van der Waals surface area contributed by atoms with E-state index >= 15 is 0 Å². The quantitative estimate of drug-likeness (QED) is 0.812. The molecule has 6 nitrogen and oxygen atoms in total. The van der Waals surface area contributed by atoms with E-state index in [-0.39, 0.29) is 11.8 Å². The number of piperazine rings is 1. The predicted octanol–water partition coefficient (Wildman–Crippen LogP) is 1.14. The molecule has 1 aromatic carbocycles. The average Bonchev–Trinajstić information content (AvgIpc) is 3.32. The van der Waals surface area contributed by atoms with Gasteiger partial charge in [0.15, 0.2) is 0 Å². The second-order valence-electron chi connectivity index (χ2n) is 7.32. The molecule has 0 atom stereocenters. The largest absolute Gasteiger partial charge is 0.352 e. The molecule has 25 heavy (non-hydrogen) atoms. The molecule has 1 heterocycles. The first-order chi connectivity index (χ1) is 12.0. The van der Waals surface area contributed by atoms with Gasteiger partial charge in [-0.2, -0.15) is 0 Å². The second kappa shape index (κ2) is 7.97. The lowest BCUT2D eigenvalue weighted by Crippen LogP contribution is -2.51. The van der Waals surface area contributed by atoms with Crippen LogP contribution in [0.3, 0.4) is 0 Å². The summed E-state index contributed by atoms with van der Waals surface area (Å²) in [5, 5.41) is 6.01. The summed E-state index contributed by atoms with van der Waals surface area (Å²) >= 11 is 0. The lowest BCUT2D eigenvalue weighted by molar-refractivity contribution is -0.123. The SMILES string of the molecule is Cc1cc(C)cc(NC(=O)CN2CCN(CC(=O)NC3CC3)CC2)c1. The smallest absolute Gasteiger partial charge is 0.238 e. The fourth-order valence-electron chi connectivity index (χ4n) is 3.26. The van der Waals surface area contributed by atoms with Crippen molar-refractivity contribution in [2.45, 2.75) is 32.7 Å². The number of nitrogens with zero attached hydrogens (tertiary/aromatic N) is 2. The Morgan fingerprint density at radius 1 is 0.920 bits per heavy atom. The third-order valence-corrected chi connectivity index (χ3v) is 4.65. The van der Waals surface area contributed by atoms with Crippen LogP contribution in [-0.2, 0) is 9.59 Å². The molecular weight excluding hydrogens is 316 g/mol. The number of nitrogens with one attached hydrogen (secondary N) is 2. The van der Waals surface area contributed by atoms with Gasteiger partial charge < -0.3 is 10.6 Å². The van der Waals surface area contributed by atoms with Crippen molar-refractivity contribution in [3.8, 4) is 0 Å². The molecule has 2 N–H and O–H groups in total. The molecule has 0 aromatic heterocycles. The summed E-state index contributed by atoms with van der Waals surface area (Å²) < 4.78 is 0. The van der Waals surface area contributed by atoms with Gasteiger partial charge in [-0.3, -0.25) is 19.4 Å². The van der Waals surface area contributed by atoms with Crippen molar-refractivity contribution in [1.82, 2.24) is 15.1 Å². The van der Waals surface area contributed by atoms with Crippen LogP contribution in [0.4, 0.5) is 5.69 Å². The summed E-state index contributed by atoms with van der Waals surface area (Å²) in [6.45, 7) is 8.22. The van der Waals surface area contributed by atoms with Gasteiger partial charge in [0.05, 0.1) is 13.1 Å². The molecule has 2 fully saturated rings. The van der Waals surface area contributed by atoms with E-state index in [9.17, 15) is 9.59 Å². The normalized spacial score (nSPS) is 18.8. The van der Waals surface area contributed by atoms with Gasteiger partial charge in [0.25, 0.3) is 0 Å². The Kier molecular flexibility index (Phi) is 5.71. The van der Waals surface area contributed by atoms with Crippen molar-refractivity contribution < 1.29 is 9.59 Å². The molecule has 136 valence electrons. The number of carbonyl (C=O) groups is 2. The second-order valence-corrected chi connectivity index (χ2v) is 7.32. The van der Waals surface area contributed by atoms with Crippen LogP contribution in [-0.4, -0.2) is 66.9 Å². The molecule has 1 aliphatic heterocycles. The molecule has 0 spiro atoms. The van der Waals surface area contributed by atoms with E-state index in [1.807, 2.05) is 26.0 Å². The van der Waals surface area contributed by atoms with Gasteiger partial charge in [-0.15, -0.1) is 0 Å². The van der Waals surface area contributed by atoms with E-state index < -0.39 is 0 Å². The zero-order valence-corrected chi connectivity index (χ0v) is 15.2. The fourth-order valence-corrected chi connectivity index (χ4v) is 3.26. The Balaban J connectivity index is 1.39. The summed E-state index contributed by atoms with van der Waals surface area (Å²) in [7, 11) is 0. The molecular formula is C19H28N4O2. The van der Waals surface area contributed by atoms with Gasteiger partial charge in [0.1, 0.15) is 0 Å². The molecule has 6 heteroatoms. The minimum atomic E-state index is 0.0185. The standard InChI is InChI=1S/C19H28N4O2/c1-14-9-15(2)11-17(10-14)21-19(25)13-23-7-5-22(6-8-23)12-18(24)20-16-3-4-16/h9-11,16H,3-8,12-13H2,1-2H3,(H,20,24)(H,21,25). The summed E-state index contributed by atoms with van der Waals surface area (Å²) in [4.78, 5) is 28.4. The van der Waals surface area contributed by atoms with Crippen LogP contribution in [0, 0.1) is 13.8 Å². The van der Waals surface area contributed by atoms with E-state index in [2.05, 4.69) is 26.5 Å². The minimum Gasteiger partial charge on any atom is -0.352 e. The van der Waals surface area contributed by atoms with Crippen LogP contribution in [0.2, 0.25) is 0 Å². The van der Waals surface area contributed by atoms with Gasteiger partial charge in [-0.05, 0) is 49.9 Å². The number of aryl methyl sites for hydroxylation is 2. The zero-order chi connectivity index (χ0) is 17.8. The lowest BCUT2D eigenvalue weighted by atomic mass is 10.1. The van der Waals surface area contributed by atoms with Crippen LogP contribution in [0.15, 0.2) is 18.2 Å². The van der Waals surface area contributed by atoms with E-state index in [1.165, 1.54) is 0 Å². The molecule has 3 rings (SSSR count).